The van der Waals surface area contributed by atoms with Gasteiger partial charge in [-0.3, -0.25) is 0 Å². The lowest BCUT2D eigenvalue weighted by Crippen LogP contribution is -2.18. The van der Waals surface area contributed by atoms with Crippen LogP contribution in [0.1, 0.15) is 42.3 Å². The van der Waals surface area contributed by atoms with Gasteiger partial charge in [0.2, 0.25) is 0 Å². The van der Waals surface area contributed by atoms with E-state index in [0.29, 0.717) is 28.3 Å². The molecule has 102 valence electrons. The molecule has 1 aliphatic carbocycles. The van der Waals surface area contributed by atoms with Crippen molar-refractivity contribution in [2.45, 2.75) is 51.9 Å². The van der Waals surface area contributed by atoms with E-state index < -0.39 is 11.9 Å². The van der Waals surface area contributed by atoms with Crippen LogP contribution >= 0.6 is 11.3 Å². The second-order valence-corrected chi connectivity index (χ2v) is 6.30. The van der Waals surface area contributed by atoms with Crippen LogP contribution in [0.5, 0.6) is 0 Å². The summed E-state index contributed by atoms with van der Waals surface area (Å²) in [7, 11) is 0. The van der Waals surface area contributed by atoms with Crippen molar-refractivity contribution in [1.29, 1.82) is 0 Å². The highest BCUT2D eigenvalue weighted by molar-refractivity contribution is 7.11. The van der Waals surface area contributed by atoms with Crippen LogP contribution in [0.25, 0.3) is 0 Å². The van der Waals surface area contributed by atoms with Gasteiger partial charge in [-0.25, -0.2) is 4.98 Å². The number of halogens is 3. The molecule has 2 nitrogen and oxygen atoms in total. The van der Waals surface area contributed by atoms with E-state index in [1.165, 1.54) is 11.3 Å². The molecule has 1 saturated carbocycles. The molecule has 1 heterocycles. The number of nitrogens with one attached hydrogen (secondary N) is 1. The standard InChI is InChI=1S/C12H17F3N2S/c1-7(2)5-10-17-11(12(13,14)15)9(18-10)6-16-8-3-4-8/h7-8,16H,3-6H2,1-2H3. The van der Waals surface area contributed by atoms with Gasteiger partial charge in [0, 0.05) is 19.0 Å². The predicted octanol–water partition coefficient (Wildman–Crippen LogP) is 3.61. The summed E-state index contributed by atoms with van der Waals surface area (Å²) in [6, 6.07) is 0.404. The fourth-order valence-corrected chi connectivity index (χ4v) is 2.95. The average Bonchev–Trinajstić information content (AvgIpc) is 2.95. The Morgan fingerprint density at radius 2 is 2.06 bits per heavy atom. The normalized spacial score (nSPS) is 16.6. The third-order valence-corrected chi connectivity index (χ3v) is 3.80. The Morgan fingerprint density at radius 1 is 1.39 bits per heavy atom. The molecule has 18 heavy (non-hydrogen) atoms. The van der Waals surface area contributed by atoms with Crippen molar-refractivity contribution >= 4 is 11.3 Å². The summed E-state index contributed by atoms with van der Waals surface area (Å²) < 4.78 is 38.6. The third-order valence-electron chi connectivity index (χ3n) is 2.72. The fourth-order valence-electron chi connectivity index (χ4n) is 1.70. The van der Waals surface area contributed by atoms with Gasteiger partial charge in [0.15, 0.2) is 5.69 Å². The molecule has 1 fully saturated rings. The number of aromatic nitrogens is 1. The summed E-state index contributed by atoms with van der Waals surface area (Å²) in [6.45, 7) is 4.25. The van der Waals surface area contributed by atoms with E-state index in [2.05, 4.69) is 10.3 Å². The summed E-state index contributed by atoms with van der Waals surface area (Å²) in [5.74, 6) is 0.321. The zero-order valence-corrected chi connectivity index (χ0v) is 11.3. The Kier molecular flexibility index (Phi) is 3.96. The minimum absolute atomic E-state index is 0.287. The predicted molar refractivity (Wildman–Crippen MR) is 65.5 cm³/mol. The van der Waals surface area contributed by atoms with Crippen molar-refractivity contribution in [2.75, 3.05) is 0 Å². The molecule has 0 atom stereocenters. The smallest absolute Gasteiger partial charge is 0.309 e. The number of alkyl halides is 3. The lowest BCUT2D eigenvalue weighted by molar-refractivity contribution is -0.141. The van der Waals surface area contributed by atoms with Gasteiger partial charge in [0.1, 0.15) is 0 Å². The molecule has 0 aromatic carbocycles. The third kappa shape index (κ3) is 3.68. The van der Waals surface area contributed by atoms with Gasteiger partial charge in [-0.1, -0.05) is 13.8 Å². The highest BCUT2D eigenvalue weighted by atomic mass is 32.1. The highest BCUT2D eigenvalue weighted by Gasteiger charge is 2.37. The van der Waals surface area contributed by atoms with Gasteiger partial charge in [0.25, 0.3) is 0 Å². The van der Waals surface area contributed by atoms with Crippen LogP contribution in [0, 0.1) is 5.92 Å². The summed E-state index contributed by atoms with van der Waals surface area (Å²) >= 11 is 1.19. The Balaban J connectivity index is 2.14. The molecule has 0 aliphatic heterocycles. The maximum Gasteiger partial charge on any atom is 0.434 e. The lowest BCUT2D eigenvalue weighted by atomic mass is 10.1. The van der Waals surface area contributed by atoms with E-state index in [-0.39, 0.29) is 6.54 Å². The molecule has 1 N–H and O–H groups in total. The molecule has 0 amide bonds. The first kappa shape index (κ1) is 13.8. The van der Waals surface area contributed by atoms with Crippen LogP contribution in [-0.4, -0.2) is 11.0 Å². The van der Waals surface area contributed by atoms with Crippen molar-refractivity contribution in [3.63, 3.8) is 0 Å². The average molecular weight is 278 g/mol. The first-order valence-electron chi connectivity index (χ1n) is 6.15. The van der Waals surface area contributed by atoms with Gasteiger partial charge in [-0.2, -0.15) is 13.2 Å². The number of hydrogen-bond donors (Lipinski definition) is 1. The van der Waals surface area contributed by atoms with Crippen molar-refractivity contribution in [1.82, 2.24) is 10.3 Å². The molecule has 6 heteroatoms. The first-order valence-corrected chi connectivity index (χ1v) is 6.97. The Labute approximate surface area is 109 Å². The summed E-state index contributed by atoms with van der Waals surface area (Å²) in [5, 5.41) is 3.71. The molecule has 1 aliphatic rings. The van der Waals surface area contributed by atoms with E-state index >= 15 is 0 Å². The summed E-state index contributed by atoms with van der Waals surface area (Å²) in [4.78, 5) is 4.10. The number of rotatable bonds is 5. The number of hydrogen-bond acceptors (Lipinski definition) is 3. The molecule has 0 spiro atoms. The highest BCUT2D eigenvalue weighted by Crippen LogP contribution is 2.35. The van der Waals surface area contributed by atoms with E-state index in [1.807, 2.05) is 13.8 Å². The fraction of sp³-hybridized carbons (Fsp3) is 0.750. The minimum atomic E-state index is -4.34. The molecule has 1 aromatic heterocycles. The van der Waals surface area contributed by atoms with Crippen molar-refractivity contribution in [3.8, 4) is 0 Å². The largest absolute Gasteiger partial charge is 0.434 e. The van der Waals surface area contributed by atoms with Crippen LogP contribution in [0.2, 0.25) is 0 Å². The molecule has 0 bridgehead atoms. The Hall–Kier alpha value is -0.620. The molecule has 0 radical (unpaired) electrons. The Bertz CT molecular complexity index is 408. The van der Waals surface area contributed by atoms with Gasteiger partial charge >= 0.3 is 6.18 Å². The molecule has 1 aromatic rings. The Morgan fingerprint density at radius 3 is 2.56 bits per heavy atom. The molecular weight excluding hydrogens is 261 g/mol. The van der Waals surface area contributed by atoms with Crippen LogP contribution in [0.3, 0.4) is 0 Å². The second-order valence-electron chi connectivity index (χ2n) is 5.13. The molecular formula is C12H17F3N2S. The van der Waals surface area contributed by atoms with Gasteiger partial charge in [-0.15, -0.1) is 11.3 Å². The lowest BCUT2D eigenvalue weighted by Gasteiger charge is -2.06. The van der Waals surface area contributed by atoms with Gasteiger partial charge in [-0.05, 0) is 18.8 Å². The zero-order chi connectivity index (χ0) is 13.3. The monoisotopic (exact) mass is 278 g/mol. The van der Waals surface area contributed by atoms with Crippen LogP contribution in [0.15, 0.2) is 0 Å². The van der Waals surface area contributed by atoms with Crippen LogP contribution in [-0.2, 0) is 19.1 Å². The van der Waals surface area contributed by atoms with Crippen molar-refractivity contribution in [2.24, 2.45) is 5.92 Å². The van der Waals surface area contributed by atoms with Gasteiger partial charge in [0.05, 0.1) is 9.88 Å². The van der Waals surface area contributed by atoms with Crippen molar-refractivity contribution < 1.29 is 13.2 Å². The molecule has 2 rings (SSSR count). The second kappa shape index (κ2) is 5.17. The first-order chi connectivity index (χ1) is 8.36. The molecule has 0 unspecified atom stereocenters. The number of thiazole rings is 1. The number of nitrogens with zero attached hydrogens (tertiary/aromatic N) is 1. The maximum absolute atomic E-state index is 12.9. The van der Waals surface area contributed by atoms with E-state index in [9.17, 15) is 13.2 Å². The van der Waals surface area contributed by atoms with E-state index in [0.717, 1.165) is 12.8 Å². The zero-order valence-electron chi connectivity index (χ0n) is 10.5. The summed E-state index contributed by atoms with van der Waals surface area (Å²) in [5.41, 5.74) is -0.698. The van der Waals surface area contributed by atoms with Crippen molar-refractivity contribution in [3.05, 3.63) is 15.6 Å². The topological polar surface area (TPSA) is 24.9 Å². The van der Waals surface area contributed by atoms with Crippen LogP contribution in [0.4, 0.5) is 13.2 Å². The van der Waals surface area contributed by atoms with Crippen LogP contribution < -0.4 is 5.32 Å². The summed E-state index contributed by atoms with van der Waals surface area (Å²) in [6.07, 6.45) is -1.60. The van der Waals surface area contributed by atoms with E-state index in [1.54, 1.807) is 0 Å². The maximum atomic E-state index is 12.9. The van der Waals surface area contributed by atoms with Gasteiger partial charge < -0.3 is 5.32 Å². The quantitative estimate of drug-likeness (QED) is 0.890. The SMILES string of the molecule is CC(C)Cc1nc(C(F)(F)F)c(CNC2CC2)s1. The molecule has 0 saturated heterocycles. The van der Waals surface area contributed by atoms with E-state index in [4.69, 9.17) is 0 Å². The minimum Gasteiger partial charge on any atom is -0.309 e.